The molecule has 0 unspecified atom stereocenters. The lowest BCUT2D eigenvalue weighted by Crippen LogP contribution is -2.46. The van der Waals surface area contributed by atoms with Crippen molar-refractivity contribution >= 4 is 30.8 Å². The van der Waals surface area contributed by atoms with E-state index in [1.54, 1.807) is 12.1 Å². The van der Waals surface area contributed by atoms with Gasteiger partial charge in [0, 0.05) is 39.3 Å². The molecule has 0 aliphatic carbocycles. The van der Waals surface area contributed by atoms with Crippen molar-refractivity contribution in [3.05, 3.63) is 71.8 Å². The summed E-state index contributed by atoms with van der Waals surface area (Å²) in [6, 6.07) is 19.7. The van der Waals surface area contributed by atoms with Crippen LogP contribution in [0.2, 0.25) is 0 Å². The summed E-state index contributed by atoms with van der Waals surface area (Å²) in [7, 11) is 0. The van der Waals surface area contributed by atoms with E-state index in [0.717, 1.165) is 39.3 Å². The summed E-state index contributed by atoms with van der Waals surface area (Å²) in [5.74, 6) is -0.238. The Labute approximate surface area is 168 Å². The van der Waals surface area contributed by atoms with Crippen LogP contribution < -0.4 is 0 Å². The van der Waals surface area contributed by atoms with E-state index < -0.39 is 0 Å². The first kappa shape index (κ1) is 22.5. The summed E-state index contributed by atoms with van der Waals surface area (Å²) in [6.07, 6.45) is 0. The standard InChI is InChI=1S/C20H24N2O2.2ClH/c23-20(19-9-5-2-6-10-19)24-16-15-21-11-13-22(14-12-21)17-18-7-3-1-4-8-18;;/h1-10H,11-17H2;2*1H. The lowest BCUT2D eigenvalue weighted by Gasteiger charge is -2.34. The molecule has 0 spiro atoms. The van der Waals surface area contributed by atoms with E-state index in [1.165, 1.54) is 5.56 Å². The first-order chi connectivity index (χ1) is 11.8. The maximum absolute atomic E-state index is 11.9. The summed E-state index contributed by atoms with van der Waals surface area (Å²) in [5.41, 5.74) is 1.98. The van der Waals surface area contributed by atoms with Crippen LogP contribution >= 0.6 is 24.8 Å². The van der Waals surface area contributed by atoms with Gasteiger partial charge in [0.1, 0.15) is 6.61 Å². The lowest BCUT2D eigenvalue weighted by atomic mass is 10.2. The Kier molecular flexibility index (Phi) is 10.3. The van der Waals surface area contributed by atoms with Crippen LogP contribution in [0.5, 0.6) is 0 Å². The topological polar surface area (TPSA) is 32.8 Å². The molecular weight excluding hydrogens is 371 g/mol. The minimum Gasteiger partial charge on any atom is -0.461 e. The Morgan fingerprint density at radius 2 is 1.35 bits per heavy atom. The van der Waals surface area contributed by atoms with Gasteiger partial charge in [-0.3, -0.25) is 9.80 Å². The number of piperazine rings is 1. The number of nitrogens with zero attached hydrogens (tertiary/aromatic N) is 2. The SMILES string of the molecule is Cl.Cl.O=C(OCCN1CCN(Cc2ccccc2)CC1)c1ccccc1. The number of halogens is 2. The Morgan fingerprint density at radius 1 is 0.808 bits per heavy atom. The molecule has 142 valence electrons. The maximum atomic E-state index is 11.9. The monoisotopic (exact) mass is 396 g/mol. The molecule has 2 aromatic carbocycles. The molecule has 3 rings (SSSR count). The smallest absolute Gasteiger partial charge is 0.338 e. The predicted octanol–water partition coefficient (Wildman–Crippen LogP) is 3.50. The number of carbonyl (C=O) groups excluding carboxylic acids is 1. The molecule has 0 saturated carbocycles. The number of hydrogen-bond donors (Lipinski definition) is 0. The van der Waals surface area contributed by atoms with Gasteiger partial charge in [-0.25, -0.2) is 4.79 Å². The number of hydrogen-bond acceptors (Lipinski definition) is 4. The van der Waals surface area contributed by atoms with Crippen molar-refractivity contribution in [1.82, 2.24) is 9.80 Å². The number of esters is 1. The Morgan fingerprint density at radius 3 is 1.96 bits per heavy atom. The Bertz CT molecular complexity index is 633. The average molecular weight is 397 g/mol. The molecule has 0 bridgehead atoms. The van der Waals surface area contributed by atoms with E-state index in [0.29, 0.717) is 12.2 Å². The van der Waals surface area contributed by atoms with E-state index in [9.17, 15) is 4.79 Å². The largest absolute Gasteiger partial charge is 0.461 e. The van der Waals surface area contributed by atoms with Crippen LogP contribution in [0.15, 0.2) is 60.7 Å². The highest BCUT2D eigenvalue weighted by Gasteiger charge is 2.17. The number of carbonyl (C=O) groups is 1. The normalized spacial score (nSPS) is 14.8. The second kappa shape index (κ2) is 11.9. The van der Waals surface area contributed by atoms with Crippen LogP contribution in [0.1, 0.15) is 15.9 Å². The van der Waals surface area contributed by atoms with Gasteiger partial charge in [0.2, 0.25) is 0 Å². The van der Waals surface area contributed by atoms with Gasteiger partial charge < -0.3 is 4.74 Å². The van der Waals surface area contributed by atoms with Crippen LogP contribution in [0.25, 0.3) is 0 Å². The van der Waals surface area contributed by atoms with E-state index in [4.69, 9.17) is 4.74 Å². The van der Waals surface area contributed by atoms with E-state index >= 15 is 0 Å². The van der Waals surface area contributed by atoms with E-state index in [2.05, 4.69) is 40.1 Å². The molecule has 0 amide bonds. The summed E-state index contributed by atoms with van der Waals surface area (Å²) >= 11 is 0. The molecule has 1 heterocycles. The Balaban J connectivity index is 0.00000169. The summed E-state index contributed by atoms with van der Waals surface area (Å²) in [4.78, 5) is 16.7. The van der Waals surface area contributed by atoms with Crippen molar-refractivity contribution in [2.45, 2.75) is 6.54 Å². The van der Waals surface area contributed by atoms with Crippen LogP contribution in [0.3, 0.4) is 0 Å². The van der Waals surface area contributed by atoms with Gasteiger partial charge in [-0.15, -0.1) is 24.8 Å². The molecule has 1 saturated heterocycles. The van der Waals surface area contributed by atoms with Gasteiger partial charge in [0.05, 0.1) is 5.56 Å². The fourth-order valence-electron chi connectivity index (χ4n) is 2.94. The van der Waals surface area contributed by atoms with Gasteiger partial charge >= 0.3 is 5.97 Å². The maximum Gasteiger partial charge on any atom is 0.338 e. The third kappa shape index (κ3) is 6.96. The van der Waals surface area contributed by atoms with Gasteiger partial charge in [-0.1, -0.05) is 48.5 Å². The highest BCUT2D eigenvalue weighted by atomic mass is 35.5. The number of rotatable bonds is 6. The second-order valence-corrected chi connectivity index (χ2v) is 6.11. The molecule has 0 atom stereocenters. The van der Waals surface area contributed by atoms with Crippen molar-refractivity contribution in [1.29, 1.82) is 0 Å². The summed E-state index contributed by atoms with van der Waals surface area (Å²) in [6.45, 7) is 6.43. The quantitative estimate of drug-likeness (QED) is 0.699. The molecule has 1 aliphatic heterocycles. The van der Waals surface area contributed by atoms with Gasteiger partial charge in [0.25, 0.3) is 0 Å². The molecule has 0 radical (unpaired) electrons. The first-order valence-corrected chi connectivity index (χ1v) is 8.52. The predicted molar refractivity (Wildman–Crippen MR) is 109 cm³/mol. The minimum atomic E-state index is -0.238. The van der Waals surface area contributed by atoms with Crippen LogP contribution in [0.4, 0.5) is 0 Å². The molecule has 6 heteroatoms. The lowest BCUT2D eigenvalue weighted by molar-refractivity contribution is 0.0419. The fraction of sp³-hybridized carbons (Fsp3) is 0.350. The molecule has 1 fully saturated rings. The van der Waals surface area contributed by atoms with Crippen molar-refractivity contribution in [3.63, 3.8) is 0 Å². The molecule has 2 aromatic rings. The zero-order valence-corrected chi connectivity index (χ0v) is 16.4. The van der Waals surface area contributed by atoms with Crippen molar-refractivity contribution < 1.29 is 9.53 Å². The first-order valence-electron chi connectivity index (χ1n) is 8.52. The number of ether oxygens (including phenoxy) is 1. The van der Waals surface area contributed by atoms with Crippen molar-refractivity contribution in [3.8, 4) is 0 Å². The second-order valence-electron chi connectivity index (χ2n) is 6.11. The molecule has 1 aliphatic rings. The van der Waals surface area contributed by atoms with Crippen LogP contribution in [-0.2, 0) is 11.3 Å². The third-order valence-electron chi connectivity index (χ3n) is 4.36. The van der Waals surface area contributed by atoms with E-state index in [1.807, 2.05) is 18.2 Å². The van der Waals surface area contributed by atoms with Gasteiger partial charge in [0.15, 0.2) is 0 Å². The molecule has 26 heavy (non-hydrogen) atoms. The van der Waals surface area contributed by atoms with Crippen LogP contribution in [-0.4, -0.2) is 55.1 Å². The highest BCUT2D eigenvalue weighted by molar-refractivity contribution is 5.89. The minimum absolute atomic E-state index is 0. The highest BCUT2D eigenvalue weighted by Crippen LogP contribution is 2.08. The van der Waals surface area contributed by atoms with Crippen LogP contribution in [0, 0.1) is 0 Å². The third-order valence-corrected chi connectivity index (χ3v) is 4.36. The fourth-order valence-corrected chi connectivity index (χ4v) is 2.94. The van der Waals surface area contributed by atoms with Crippen molar-refractivity contribution in [2.75, 3.05) is 39.3 Å². The molecule has 0 aromatic heterocycles. The molecular formula is C20H26Cl2N2O2. The summed E-state index contributed by atoms with van der Waals surface area (Å²) < 4.78 is 5.36. The Hall–Kier alpha value is -1.59. The average Bonchev–Trinajstić information content (AvgIpc) is 2.65. The zero-order chi connectivity index (χ0) is 16.6. The molecule has 0 N–H and O–H groups in total. The van der Waals surface area contributed by atoms with Crippen molar-refractivity contribution in [2.24, 2.45) is 0 Å². The van der Waals surface area contributed by atoms with E-state index in [-0.39, 0.29) is 30.8 Å². The number of benzene rings is 2. The van der Waals surface area contributed by atoms with Gasteiger partial charge in [-0.05, 0) is 17.7 Å². The zero-order valence-electron chi connectivity index (χ0n) is 14.8. The summed E-state index contributed by atoms with van der Waals surface area (Å²) in [5, 5.41) is 0. The molecule has 4 nitrogen and oxygen atoms in total. The van der Waals surface area contributed by atoms with Gasteiger partial charge in [-0.2, -0.15) is 0 Å².